The van der Waals surface area contributed by atoms with E-state index in [0.29, 0.717) is 31.1 Å². The summed E-state index contributed by atoms with van der Waals surface area (Å²) in [7, 11) is -1.54. The number of sulfonamides is 1. The lowest BCUT2D eigenvalue weighted by Crippen LogP contribution is -2.62. The predicted molar refractivity (Wildman–Crippen MR) is 138 cm³/mol. The molecule has 3 fully saturated rings. The summed E-state index contributed by atoms with van der Waals surface area (Å²) in [5, 5.41) is 2.77. The van der Waals surface area contributed by atoms with Gasteiger partial charge >= 0.3 is 0 Å². The lowest BCUT2D eigenvalue weighted by atomic mass is 9.81. The van der Waals surface area contributed by atoms with Crippen LogP contribution in [0.25, 0.3) is 11.1 Å². The maximum Gasteiger partial charge on any atom is 0.231 e. The van der Waals surface area contributed by atoms with Crippen LogP contribution in [-0.2, 0) is 10.0 Å². The van der Waals surface area contributed by atoms with E-state index in [9.17, 15) is 12.8 Å². The van der Waals surface area contributed by atoms with Gasteiger partial charge in [0.05, 0.1) is 6.17 Å². The molecule has 35 heavy (non-hydrogen) atoms. The number of rotatable bonds is 4. The molecule has 2 aromatic carbocycles. The Hall–Kier alpha value is -1.84. The van der Waals surface area contributed by atoms with Gasteiger partial charge < -0.3 is 0 Å². The number of nitrogens with one attached hydrogen (secondary N) is 1. The summed E-state index contributed by atoms with van der Waals surface area (Å²) < 4.78 is 42.9. The maximum absolute atomic E-state index is 13.9. The van der Waals surface area contributed by atoms with E-state index < -0.39 is 15.4 Å². The van der Waals surface area contributed by atoms with Crippen molar-refractivity contribution in [2.75, 3.05) is 39.8 Å². The Morgan fingerprint density at radius 1 is 0.971 bits per heavy atom. The van der Waals surface area contributed by atoms with Gasteiger partial charge in [-0.1, -0.05) is 30.3 Å². The molecule has 0 aromatic heterocycles. The molecular formula is C27H37FN4O2S. The van der Waals surface area contributed by atoms with Crippen molar-refractivity contribution in [2.24, 2.45) is 0 Å². The Morgan fingerprint density at radius 2 is 1.69 bits per heavy atom. The summed E-state index contributed by atoms with van der Waals surface area (Å²) in [6.45, 7) is 9.40. The number of halogens is 1. The quantitative estimate of drug-likeness (QED) is 0.696. The first-order valence-corrected chi connectivity index (χ1v) is 14.2. The number of hydrogen-bond acceptors (Lipinski definition) is 5. The standard InChI is InChI=1S/C27H37FN4O2S/c1-18-19(2)25(28)12-11-23(18)21-7-9-22(10-8-21)24-16-31-13-5-6-14-32(17-26(24)31)35(33,34)27-15-29-20(3)30(27)4/h7-12,20,24,26-27,29H,5-6,13-17H2,1-4H3/t20?,24-,26-,27?/m0/s1. The van der Waals surface area contributed by atoms with Gasteiger partial charge in [-0.3, -0.25) is 15.1 Å². The van der Waals surface area contributed by atoms with Crippen LogP contribution in [0.5, 0.6) is 0 Å². The van der Waals surface area contributed by atoms with Crippen molar-refractivity contribution in [3.63, 3.8) is 0 Å². The first-order chi connectivity index (χ1) is 16.7. The molecule has 0 amide bonds. The fraction of sp³-hybridized carbons (Fsp3) is 0.556. The molecule has 0 radical (unpaired) electrons. The van der Waals surface area contributed by atoms with E-state index in [0.717, 1.165) is 42.6 Å². The summed E-state index contributed by atoms with van der Waals surface area (Å²) in [5.74, 6) is 0.143. The maximum atomic E-state index is 13.9. The van der Waals surface area contributed by atoms with Crippen LogP contribution in [0.1, 0.15) is 42.4 Å². The predicted octanol–water partition coefficient (Wildman–Crippen LogP) is 3.51. The average molecular weight is 501 g/mol. The second-order valence-corrected chi connectivity index (χ2v) is 12.5. The molecule has 3 aliphatic rings. The van der Waals surface area contributed by atoms with Gasteiger partial charge in [0.2, 0.25) is 10.0 Å². The lowest BCUT2D eigenvalue weighted by molar-refractivity contribution is 0.0342. The minimum absolute atomic E-state index is 0.0597. The topological polar surface area (TPSA) is 55.9 Å². The Bertz CT molecular complexity index is 1190. The van der Waals surface area contributed by atoms with Crippen molar-refractivity contribution in [3.8, 4) is 11.1 Å². The highest BCUT2D eigenvalue weighted by Crippen LogP contribution is 2.38. The fourth-order valence-electron chi connectivity index (χ4n) is 5.89. The number of fused-ring (bicyclic) bond motifs is 1. The van der Waals surface area contributed by atoms with Gasteiger partial charge in [-0.2, -0.15) is 4.31 Å². The van der Waals surface area contributed by atoms with Gasteiger partial charge in [0.15, 0.2) is 0 Å². The molecular weight excluding hydrogens is 463 g/mol. The summed E-state index contributed by atoms with van der Waals surface area (Å²) in [5.41, 5.74) is 5.04. The molecule has 2 aromatic rings. The van der Waals surface area contributed by atoms with Crippen molar-refractivity contribution in [1.82, 2.24) is 19.4 Å². The zero-order valence-electron chi connectivity index (χ0n) is 21.2. The number of nitrogens with zero attached hydrogens (tertiary/aromatic N) is 3. The third-order valence-electron chi connectivity index (χ3n) is 8.59. The van der Waals surface area contributed by atoms with Crippen LogP contribution in [0.3, 0.4) is 0 Å². The molecule has 3 saturated heterocycles. The molecule has 5 rings (SSSR count). The van der Waals surface area contributed by atoms with Crippen molar-refractivity contribution < 1.29 is 12.8 Å². The first-order valence-electron chi connectivity index (χ1n) is 12.7. The molecule has 6 nitrogen and oxygen atoms in total. The van der Waals surface area contributed by atoms with Gasteiger partial charge in [0, 0.05) is 38.1 Å². The second kappa shape index (κ2) is 9.56. The molecule has 0 saturated carbocycles. The third-order valence-corrected chi connectivity index (χ3v) is 10.8. The van der Waals surface area contributed by atoms with E-state index in [1.807, 2.05) is 38.8 Å². The van der Waals surface area contributed by atoms with E-state index in [-0.39, 0.29) is 18.0 Å². The van der Waals surface area contributed by atoms with Crippen molar-refractivity contribution >= 4 is 10.0 Å². The van der Waals surface area contributed by atoms with E-state index in [2.05, 4.69) is 34.5 Å². The number of benzene rings is 2. The molecule has 0 spiro atoms. The summed E-state index contributed by atoms with van der Waals surface area (Å²) in [6, 6.07) is 12.2. The van der Waals surface area contributed by atoms with Crippen LogP contribution in [0.15, 0.2) is 36.4 Å². The molecule has 0 aliphatic carbocycles. The average Bonchev–Trinajstić information content (AvgIpc) is 3.16. The minimum Gasteiger partial charge on any atom is -0.299 e. The van der Waals surface area contributed by atoms with Gasteiger partial charge in [0.1, 0.15) is 11.2 Å². The Labute approximate surface area is 209 Å². The Morgan fingerprint density at radius 3 is 2.37 bits per heavy atom. The highest BCUT2D eigenvalue weighted by molar-refractivity contribution is 7.89. The van der Waals surface area contributed by atoms with Crippen molar-refractivity contribution in [3.05, 3.63) is 58.9 Å². The number of hydrogen-bond donors (Lipinski definition) is 1. The minimum atomic E-state index is -3.43. The zero-order chi connectivity index (χ0) is 24.9. The van der Waals surface area contributed by atoms with Crippen LogP contribution in [0.2, 0.25) is 0 Å². The van der Waals surface area contributed by atoms with Gasteiger partial charge in [-0.15, -0.1) is 0 Å². The highest BCUT2D eigenvalue weighted by Gasteiger charge is 2.46. The second-order valence-electron chi connectivity index (χ2n) is 10.5. The fourth-order valence-corrected chi connectivity index (χ4v) is 7.89. The highest BCUT2D eigenvalue weighted by atomic mass is 32.2. The SMILES string of the molecule is Cc1c(F)ccc(-c2ccc([C@@H]3CN4CCCCN(S(=O)(=O)C5CNC(C)N5C)C[C@@H]34)cc2)c1C. The van der Waals surface area contributed by atoms with Crippen LogP contribution in [-0.4, -0.2) is 79.9 Å². The van der Waals surface area contributed by atoms with Crippen LogP contribution in [0, 0.1) is 19.7 Å². The van der Waals surface area contributed by atoms with Crippen LogP contribution >= 0.6 is 0 Å². The van der Waals surface area contributed by atoms with E-state index in [4.69, 9.17) is 0 Å². The molecule has 1 N–H and O–H groups in total. The monoisotopic (exact) mass is 500 g/mol. The van der Waals surface area contributed by atoms with E-state index in [1.165, 1.54) is 11.6 Å². The smallest absolute Gasteiger partial charge is 0.231 e. The van der Waals surface area contributed by atoms with Crippen LogP contribution < -0.4 is 5.32 Å². The molecule has 4 atom stereocenters. The van der Waals surface area contributed by atoms with Gasteiger partial charge in [-0.05, 0) is 81.1 Å². The van der Waals surface area contributed by atoms with Gasteiger partial charge in [-0.25, -0.2) is 12.8 Å². The summed E-state index contributed by atoms with van der Waals surface area (Å²) in [6.07, 6.45) is 1.98. The largest absolute Gasteiger partial charge is 0.299 e. The summed E-state index contributed by atoms with van der Waals surface area (Å²) in [4.78, 5) is 4.38. The zero-order valence-corrected chi connectivity index (χ0v) is 22.0. The molecule has 0 bridgehead atoms. The third kappa shape index (κ3) is 4.44. The summed E-state index contributed by atoms with van der Waals surface area (Å²) >= 11 is 0. The molecule has 8 heteroatoms. The van der Waals surface area contributed by atoms with Gasteiger partial charge in [0.25, 0.3) is 0 Å². The Kier molecular flexibility index (Phi) is 6.78. The molecule has 3 aliphatic heterocycles. The van der Waals surface area contributed by atoms with Crippen LogP contribution in [0.4, 0.5) is 4.39 Å². The normalized spacial score (nSPS) is 28.8. The van der Waals surface area contributed by atoms with Crippen molar-refractivity contribution in [2.45, 2.75) is 57.1 Å². The number of likely N-dealkylation sites (N-methyl/N-ethyl adjacent to an activating group) is 1. The van der Waals surface area contributed by atoms with Crippen molar-refractivity contribution in [1.29, 1.82) is 0 Å². The molecule has 190 valence electrons. The molecule has 2 unspecified atom stereocenters. The first kappa shape index (κ1) is 24.8. The lowest BCUT2D eigenvalue weighted by Gasteiger charge is -2.51. The Balaban J connectivity index is 1.35. The molecule has 3 heterocycles. The van der Waals surface area contributed by atoms with E-state index >= 15 is 0 Å². The van der Waals surface area contributed by atoms with E-state index in [1.54, 1.807) is 4.31 Å².